The summed E-state index contributed by atoms with van der Waals surface area (Å²) in [6.45, 7) is 1.80. The third-order valence-corrected chi connectivity index (χ3v) is 21.0. The summed E-state index contributed by atoms with van der Waals surface area (Å²) in [4.78, 5) is 13.5. The van der Waals surface area contributed by atoms with Crippen LogP contribution >= 0.6 is 0 Å². The van der Waals surface area contributed by atoms with Crippen molar-refractivity contribution in [2.24, 2.45) is 0 Å². The van der Waals surface area contributed by atoms with Crippen molar-refractivity contribution in [3.8, 4) is 0 Å². The molecule has 19 heteroatoms. The van der Waals surface area contributed by atoms with Crippen LogP contribution in [0, 0.1) is 0 Å². The number of amides is 1. The van der Waals surface area contributed by atoms with Crippen LogP contribution in [-0.4, -0.2) is 193 Å². The van der Waals surface area contributed by atoms with Crippen LogP contribution in [0.3, 0.4) is 0 Å². The highest BCUT2D eigenvalue weighted by Crippen LogP contribution is 2.33. The molecule has 3 fully saturated rings. The highest BCUT2D eigenvalue weighted by Gasteiger charge is 2.54. The van der Waals surface area contributed by atoms with Gasteiger partial charge in [0.15, 0.2) is 18.9 Å². The summed E-state index contributed by atoms with van der Waals surface area (Å²) in [5.74, 6) is -0.269. The molecule has 3 heterocycles. The Hall–Kier alpha value is -1.73. The molecular weight excluding hydrogens is 1270 g/mol. The molecule has 12 N–H and O–H groups in total. The van der Waals surface area contributed by atoms with Gasteiger partial charge < -0.3 is 89.9 Å². The first-order valence-electron chi connectivity index (χ1n) is 41.6. The highest BCUT2D eigenvalue weighted by atomic mass is 16.8. The van der Waals surface area contributed by atoms with Gasteiger partial charge in [0.1, 0.15) is 73.2 Å². The van der Waals surface area contributed by atoms with Crippen molar-refractivity contribution in [1.29, 1.82) is 0 Å². The lowest BCUT2D eigenvalue weighted by atomic mass is 9.96. The molecule has 19 nitrogen and oxygen atoms in total. The number of hydrogen-bond acceptors (Lipinski definition) is 18. The summed E-state index contributed by atoms with van der Waals surface area (Å²) >= 11 is 0. The minimum Gasteiger partial charge on any atom is -0.394 e. The van der Waals surface area contributed by atoms with Gasteiger partial charge in [0.25, 0.3) is 0 Å². The summed E-state index contributed by atoms with van der Waals surface area (Å²) in [5, 5.41) is 121. The first kappa shape index (κ1) is 92.5. The van der Waals surface area contributed by atoms with Gasteiger partial charge in [-0.15, -0.1) is 0 Å². The van der Waals surface area contributed by atoms with E-state index in [1.807, 2.05) is 6.08 Å². The van der Waals surface area contributed by atoms with E-state index < -0.39 is 124 Å². The minimum absolute atomic E-state index is 0.247. The number of carbonyl (C=O) groups excluding carboxylic acids is 1. The molecule has 3 aliphatic heterocycles. The predicted molar refractivity (Wildman–Crippen MR) is 397 cm³/mol. The molecule has 3 rings (SSSR count). The monoisotopic (exact) mass is 1430 g/mol. The lowest BCUT2D eigenvalue weighted by Crippen LogP contribution is -2.66. The van der Waals surface area contributed by atoms with Gasteiger partial charge in [-0.05, 0) is 44.9 Å². The number of rotatable bonds is 67. The number of carbonyl (C=O) groups is 1. The Morgan fingerprint density at radius 2 is 0.630 bits per heavy atom. The largest absolute Gasteiger partial charge is 0.394 e. The van der Waals surface area contributed by atoms with Crippen molar-refractivity contribution < 1.29 is 89.4 Å². The lowest BCUT2D eigenvalue weighted by molar-refractivity contribution is -0.379. The number of hydrogen-bond donors (Lipinski definition) is 12. The zero-order valence-electron chi connectivity index (χ0n) is 63.2. The zero-order valence-corrected chi connectivity index (χ0v) is 63.2. The van der Waals surface area contributed by atoms with E-state index in [-0.39, 0.29) is 18.9 Å². The zero-order chi connectivity index (χ0) is 72.5. The van der Waals surface area contributed by atoms with Gasteiger partial charge in [0.2, 0.25) is 5.91 Å². The van der Waals surface area contributed by atoms with Gasteiger partial charge >= 0.3 is 0 Å². The maximum absolute atomic E-state index is 13.5. The molecule has 0 spiro atoms. The van der Waals surface area contributed by atoms with E-state index in [4.69, 9.17) is 28.4 Å². The molecule has 0 radical (unpaired) electrons. The predicted octanol–water partition coefficient (Wildman–Crippen LogP) is 14.1. The van der Waals surface area contributed by atoms with Crippen LogP contribution in [0.1, 0.15) is 354 Å². The molecule has 0 aliphatic carbocycles. The molecule has 0 aromatic carbocycles. The van der Waals surface area contributed by atoms with Gasteiger partial charge in [-0.1, -0.05) is 327 Å². The Morgan fingerprint density at radius 1 is 0.350 bits per heavy atom. The van der Waals surface area contributed by atoms with Crippen LogP contribution < -0.4 is 5.32 Å². The van der Waals surface area contributed by atoms with Crippen molar-refractivity contribution in [2.75, 3.05) is 26.4 Å². The second-order valence-corrected chi connectivity index (χ2v) is 29.9. The quantitative estimate of drug-likeness (QED) is 0.0199. The fraction of sp³-hybridized carbons (Fsp3) is 0.938. The van der Waals surface area contributed by atoms with Crippen molar-refractivity contribution in [3.63, 3.8) is 0 Å². The van der Waals surface area contributed by atoms with Crippen LogP contribution in [0.2, 0.25) is 0 Å². The molecule has 3 saturated heterocycles. The van der Waals surface area contributed by atoms with E-state index in [0.717, 1.165) is 44.9 Å². The lowest BCUT2D eigenvalue weighted by Gasteiger charge is -2.48. The summed E-state index contributed by atoms with van der Waals surface area (Å²) in [5.41, 5.74) is 0. The fourth-order valence-electron chi connectivity index (χ4n) is 14.3. The Kier molecular flexibility index (Phi) is 57.6. The van der Waals surface area contributed by atoms with Crippen molar-refractivity contribution in [3.05, 3.63) is 24.3 Å². The van der Waals surface area contributed by atoms with Crippen molar-refractivity contribution >= 4 is 5.91 Å². The highest BCUT2D eigenvalue weighted by molar-refractivity contribution is 5.76. The maximum atomic E-state index is 13.5. The minimum atomic E-state index is -1.98. The van der Waals surface area contributed by atoms with E-state index in [0.29, 0.717) is 6.42 Å². The number of aliphatic hydroxyl groups is 11. The normalized spacial score (nSPS) is 26.5. The Bertz CT molecular complexity index is 1900. The van der Waals surface area contributed by atoms with Gasteiger partial charge in [0.05, 0.1) is 38.6 Å². The second kappa shape index (κ2) is 62.3. The van der Waals surface area contributed by atoms with E-state index in [2.05, 4.69) is 31.3 Å². The van der Waals surface area contributed by atoms with Crippen LogP contribution in [-0.2, 0) is 33.2 Å². The van der Waals surface area contributed by atoms with Crippen LogP contribution in [0.5, 0.6) is 0 Å². The van der Waals surface area contributed by atoms with E-state index in [1.54, 1.807) is 6.08 Å². The van der Waals surface area contributed by atoms with Crippen LogP contribution in [0.25, 0.3) is 0 Å². The third kappa shape index (κ3) is 42.0. The van der Waals surface area contributed by atoms with Gasteiger partial charge in [-0.3, -0.25) is 4.79 Å². The number of unbranched alkanes of at least 4 members (excludes halogenated alkanes) is 49. The molecule has 0 bridgehead atoms. The molecule has 0 aromatic rings. The maximum Gasteiger partial charge on any atom is 0.220 e. The van der Waals surface area contributed by atoms with Crippen LogP contribution in [0.4, 0.5) is 0 Å². The summed E-state index contributed by atoms with van der Waals surface area (Å²) in [6, 6.07) is -0.973. The second-order valence-electron chi connectivity index (χ2n) is 29.9. The Balaban J connectivity index is 1.37. The van der Waals surface area contributed by atoms with E-state index in [9.17, 15) is 61.0 Å². The van der Waals surface area contributed by atoms with E-state index in [1.165, 1.54) is 283 Å². The molecule has 17 atom stereocenters. The molecule has 0 aromatic heterocycles. The number of nitrogens with one attached hydrogen (secondary N) is 1. The number of allylic oxidation sites excluding steroid dienone is 3. The molecular formula is C81H153NO18. The molecule has 590 valence electrons. The summed E-state index contributed by atoms with van der Waals surface area (Å²) in [6.07, 6.45) is 48.8. The molecule has 3 aliphatic rings. The summed E-state index contributed by atoms with van der Waals surface area (Å²) < 4.78 is 34.5. The first-order valence-corrected chi connectivity index (χ1v) is 41.6. The molecule has 17 unspecified atom stereocenters. The van der Waals surface area contributed by atoms with Gasteiger partial charge in [-0.2, -0.15) is 0 Å². The number of aliphatic hydroxyl groups excluding tert-OH is 11. The van der Waals surface area contributed by atoms with Crippen molar-refractivity contribution in [2.45, 2.75) is 458 Å². The first-order chi connectivity index (χ1) is 48.8. The Morgan fingerprint density at radius 3 is 0.970 bits per heavy atom. The van der Waals surface area contributed by atoms with Crippen molar-refractivity contribution in [1.82, 2.24) is 5.32 Å². The standard InChI is InChI=1S/C81H153NO18/c1-3-5-7-9-11-13-15-17-19-21-23-25-27-29-30-31-32-33-35-36-38-40-42-44-46-48-50-52-54-56-58-65(86)64(82-69(87)59-57-55-53-51-49-47-45-43-41-39-37-34-28-26-24-22-20-18-16-14-12-10-8-6-4-2)63-95-79-75(93)72(90)77(67(61-84)97-79)100-81-76(94)73(91)78(68(62-85)98-81)99-80-74(92)71(89)70(88)66(60-83)96-80/h22,24,56,58,64-68,70-81,83-86,88-94H,3-21,23,25-55,57,59-63H2,1-2H3,(H,82,87)/b24-22-,58-56+. The molecule has 1 amide bonds. The topological polar surface area (TPSA) is 307 Å². The molecule has 100 heavy (non-hydrogen) atoms. The average Bonchev–Trinajstić information content (AvgIpc) is 0.783. The smallest absolute Gasteiger partial charge is 0.220 e. The number of ether oxygens (including phenoxy) is 6. The average molecular weight is 1430 g/mol. The third-order valence-electron chi connectivity index (χ3n) is 21.0. The fourth-order valence-corrected chi connectivity index (χ4v) is 14.3. The van der Waals surface area contributed by atoms with Gasteiger partial charge in [0, 0.05) is 6.42 Å². The van der Waals surface area contributed by atoms with E-state index >= 15 is 0 Å². The van der Waals surface area contributed by atoms with Crippen LogP contribution in [0.15, 0.2) is 24.3 Å². The Labute approximate surface area is 607 Å². The summed E-state index contributed by atoms with van der Waals surface area (Å²) in [7, 11) is 0. The SMILES string of the molecule is CCCCCCCCCC/C=C\CCCCCCCCCCCCCCCC(=O)NC(COC1OC(CO)C(OC2OC(CO)C(OC3OC(CO)C(O)C(O)C3O)C(O)C2O)C(O)C1O)C(O)/C=C/CCCCCCCCCCCCCCCCCCCCCCCCCCCCCC. The van der Waals surface area contributed by atoms with Gasteiger partial charge in [-0.25, -0.2) is 0 Å². The molecule has 0 saturated carbocycles.